The normalized spacial score (nSPS) is 14.4. The molecule has 1 aromatic rings. The number of benzene rings is 1. The van der Waals surface area contributed by atoms with Crippen molar-refractivity contribution in [3.05, 3.63) is 48.0 Å². The molecule has 0 spiro atoms. The maximum absolute atomic E-state index is 10.1. The monoisotopic (exact) mass is 220 g/mol. The molecular weight excluding hydrogens is 200 g/mol. The van der Waals surface area contributed by atoms with Crippen LogP contribution in [0.25, 0.3) is 0 Å². The van der Waals surface area contributed by atoms with Crippen LogP contribution in [0.15, 0.2) is 42.5 Å². The fourth-order valence-corrected chi connectivity index (χ4v) is 1.72. The molecule has 16 heavy (non-hydrogen) atoms. The van der Waals surface area contributed by atoms with E-state index in [9.17, 15) is 5.11 Å². The molecule has 0 aliphatic carbocycles. The van der Waals surface area contributed by atoms with Crippen LogP contribution in [0.5, 0.6) is 0 Å². The lowest BCUT2D eigenvalue weighted by atomic mass is 9.99. The van der Waals surface area contributed by atoms with Gasteiger partial charge in [-0.05, 0) is 25.8 Å². The highest BCUT2D eigenvalue weighted by Crippen LogP contribution is 2.24. The van der Waals surface area contributed by atoms with Crippen LogP contribution in [0.2, 0.25) is 0 Å². The first kappa shape index (κ1) is 12.9. The Bertz CT molecular complexity index is 319. The number of hydrogen-bond acceptors (Lipinski definition) is 2. The third-order valence-electron chi connectivity index (χ3n) is 2.38. The van der Waals surface area contributed by atoms with E-state index in [0.717, 1.165) is 11.1 Å². The first-order chi connectivity index (χ1) is 7.65. The van der Waals surface area contributed by atoms with Gasteiger partial charge in [0.05, 0.1) is 6.10 Å². The second-order valence-electron chi connectivity index (χ2n) is 4.02. The summed E-state index contributed by atoms with van der Waals surface area (Å²) in [6.45, 7) is 8.25. The molecule has 0 heterocycles. The zero-order chi connectivity index (χ0) is 12.0. The van der Waals surface area contributed by atoms with E-state index < -0.39 is 6.10 Å². The minimum absolute atomic E-state index is 0.261. The maximum atomic E-state index is 10.1. The molecule has 1 aromatic carbocycles. The number of hydrogen-bond donors (Lipinski definition) is 1. The van der Waals surface area contributed by atoms with Gasteiger partial charge >= 0.3 is 0 Å². The predicted molar refractivity (Wildman–Crippen MR) is 66.2 cm³/mol. The maximum Gasteiger partial charge on any atom is 0.109 e. The molecule has 0 amide bonds. The van der Waals surface area contributed by atoms with Gasteiger partial charge in [0.2, 0.25) is 0 Å². The van der Waals surface area contributed by atoms with E-state index in [4.69, 9.17) is 4.74 Å². The average molecular weight is 220 g/mol. The molecule has 0 aliphatic heterocycles. The van der Waals surface area contributed by atoms with Crippen LogP contribution in [-0.4, -0.2) is 17.8 Å². The van der Waals surface area contributed by atoms with Gasteiger partial charge in [0.25, 0.3) is 0 Å². The summed E-state index contributed by atoms with van der Waals surface area (Å²) in [6, 6.07) is 9.81. The van der Waals surface area contributed by atoms with Crippen molar-refractivity contribution in [1.29, 1.82) is 0 Å². The molecule has 2 nitrogen and oxygen atoms in total. The van der Waals surface area contributed by atoms with Crippen LogP contribution in [-0.2, 0) is 4.74 Å². The highest BCUT2D eigenvalue weighted by Gasteiger charge is 2.21. The Morgan fingerprint density at radius 3 is 2.50 bits per heavy atom. The van der Waals surface area contributed by atoms with Crippen LogP contribution < -0.4 is 0 Å². The van der Waals surface area contributed by atoms with E-state index >= 15 is 0 Å². The van der Waals surface area contributed by atoms with E-state index in [1.165, 1.54) is 0 Å². The first-order valence-corrected chi connectivity index (χ1v) is 5.64. The molecule has 2 atom stereocenters. The van der Waals surface area contributed by atoms with Crippen molar-refractivity contribution in [3.63, 3.8) is 0 Å². The molecule has 1 N–H and O–H groups in total. The molecule has 1 rings (SSSR count). The molecule has 0 fully saturated rings. The Balaban J connectivity index is 2.78. The Labute approximate surface area is 97.6 Å². The van der Waals surface area contributed by atoms with Crippen molar-refractivity contribution in [2.45, 2.75) is 32.5 Å². The van der Waals surface area contributed by atoms with Crippen LogP contribution >= 0.6 is 0 Å². The lowest BCUT2D eigenvalue weighted by Crippen LogP contribution is -2.21. The summed E-state index contributed by atoms with van der Waals surface area (Å²) < 4.78 is 5.60. The van der Waals surface area contributed by atoms with Gasteiger partial charge in [0, 0.05) is 6.61 Å². The van der Waals surface area contributed by atoms with Gasteiger partial charge < -0.3 is 9.84 Å². The van der Waals surface area contributed by atoms with Crippen molar-refractivity contribution in [2.75, 3.05) is 6.61 Å². The molecule has 0 aliphatic rings. The molecule has 0 saturated carbocycles. The number of aliphatic hydroxyl groups excluding tert-OH is 1. The quantitative estimate of drug-likeness (QED) is 0.746. The minimum Gasteiger partial charge on any atom is -0.390 e. The van der Waals surface area contributed by atoms with Crippen LogP contribution in [0.1, 0.15) is 31.9 Å². The third-order valence-corrected chi connectivity index (χ3v) is 2.38. The van der Waals surface area contributed by atoms with Crippen molar-refractivity contribution >= 4 is 0 Å². The van der Waals surface area contributed by atoms with Crippen LogP contribution in [0.4, 0.5) is 0 Å². The molecule has 0 saturated heterocycles. The Hall–Kier alpha value is -1.12. The summed E-state index contributed by atoms with van der Waals surface area (Å²) in [5.74, 6) is 0. The average Bonchev–Trinajstić information content (AvgIpc) is 2.26. The molecule has 0 aromatic heterocycles. The molecule has 2 heteroatoms. The lowest BCUT2D eigenvalue weighted by Gasteiger charge is -2.23. The van der Waals surface area contributed by atoms with Crippen LogP contribution in [0.3, 0.4) is 0 Å². The summed E-state index contributed by atoms with van der Waals surface area (Å²) in [7, 11) is 0. The summed E-state index contributed by atoms with van der Waals surface area (Å²) in [4.78, 5) is 0. The van der Waals surface area contributed by atoms with E-state index in [2.05, 4.69) is 6.58 Å². The number of ether oxygens (including phenoxy) is 1. The van der Waals surface area contributed by atoms with Crippen molar-refractivity contribution in [2.24, 2.45) is 0 Å². The topological polar surface area (TPSA) is 29.5 Å². The van der Waals surface area contributed by atoms with Gasteiger partial charge in [-0.3, -0.25) is 0 Å². The number of aliphatic hydroxyl groups is 1. The molecule has 2 unspecified atom stereocenters. The zero-order valence-electron chi connectivity index (χ0n) is 10.0. The fourth-order valence-electron chi connectivity index (χ4n) is 1.72. The van der Waals surface area contributed by atoms with Crippen molar-refractivity contribution in [3.8, 4) is 0 Å². The Kier molecular flexibility index (Phi) is 5.23. The van der Waals surface area contributed by atoms with Gasteiger partial charge in [-0.15, -0.1) is 6.58 Å². The SMILES string of the molecule is C=C(C)CC(O)C(OCC)c1ccccc1. The Morgan fingerprint density at radius 2 is 2.00 bits per heavy atom. The smallest absolute Gasteiger partial charge is 0.109 e. The van der Waals surface area contributed by atoms with E-state index in [1.807, 2.05) is 44.2 Å². The third kappa shape index (κ3) is 3.80. The number of rotatable bonds is 6. The second-order valence-corrected chi connectivity index (χ2v) is 4.02. The molecule has 0 bridgehead atoms. The van der Waals surface area contributed by atoms with Crippen molar-refractivity contribution in [1.82, 2.24) is 0 Å². The van der Waals surface area contributed by atoms with Gasteiger partial charge in [-0.2, -0.15) is 0 Å². The first-order valence-electron chi connectivity index (χ1n) is 5.64. The molecule has 88 valence electrons. The van der Waals surface area contributed by atoms with Gasteiger partial charge in [-0.1, -0.05) is 35.9 Å². The Morgan fingerprint density at radius 1 is 1.38 bits per heavy atom. The predicted octanol–water partition coefficient (Wildman–Crippen LogP) is 3.09. The van der Waals surface area contributed by atoms with Gasteiger partial charge in [0.15, 0.2) is 0 Å². The van der Waals surface area contributed by atoms with Gasteiger partial charge in [-0.25, -0.2) is 0 Å². The largest absolute Gasteiger partial charge is 0.390 e. The zero-order valence-corrected chi connectivity index (χ0v) is 10.0. The van der Waals surface area contributed by atoms with E-state index in [1.54, 1.807) is 0 Å². The highest BCUT2D eigenvalue weighted by atomic mass is 16.5. The van der Waals surface area contributed by atoms with Gasteiger partial charge in [0.1, 0.15) is 6.10 Å². The van der Waals surface area contributed by atoms with E-state index in [-0.39, 0.29) is 6.10 Å². The summed E-state index contributed by atoms with van der Waals surface area (Å²) in [6.07, 6.45) is -0.220. The van der Waals surface area contributed by atoms with E-state index in [0.29, 0.717) is 13.0 Å². The lowest BCUT2D eigenvalue weighted by molar-refractivity contribution is -0.0338. The summed E-state index contributed by atoms with van der Waals surface area (Å²) in [5.41, 5.74) is 1.98. The second kappa shape index (κ2) is 6.46. The highest BCUT2D eigenvalue weighted by molar-refractivity contribution is 5.19. The van der Waals surface area contributed by atoms with Crippen molar-refractivity contribution < 1.29 is 9.84 Å². The molecular formula is C14H20O2. The van der Waals surface area contributed by atoms with Crippen LogP contribution in [0, 0.1) is 0 Å². The minimum atomic E-state index is -0.528. The summed E-state index contributed by atoms with van der Waals surface area (Å²) in [5, 5.41) is 10.1. The fraction of sp³-hybridized carbons (Fsp3) is 0.429. The standard InChI is InChI=1S/C14H20O2/c1-4-16-14(13(15)10-11(2)3)12-8-6-5-7-9-12/h5-9,13-15H,2,4,10H2,1,3H3. The molecule has 0 radical (unpaired) electrons. The summed E-state index contributed by atoms with van der Waals surface area (Å²) >= 11 is 0.